The van der Waals surface area contributed by atoms with E-state index < -0.39 is 0 Å². The van der Waals surface area contributed by atoms with Gasteiger partial charge in [-0.25, -0.2) is 4.99 Å². The van der Waals surface area contributed by atoms with Gasteiger partial charge in [-0.3, -0.25) is 4.90 Å². The molecule has 0 unspecified atom stereocenters. The predicted octanol–water partition coefficient (Wildman–Crippen LogP) is 5.07. The van der Waals surface area contributed by atoms with E-state index in [1.807, 2.05) is 59.5 Å². The summed E-state index contributed by atoms with van der Waals surface area (Å²) in [4.78, 5) is 11.7. The molecule has 0 bridgehead atoms. The van der Waals surface area contributed by atoms with Crippen LogP contribution < -0.4 is 19.3 Å². The number of fused-ring (bicyclic) bond motifs is 1. The highest BCUT2D eigenvalue weighted by molar-refractivity contribution is 6.31. The maximum Gasteiger partial charge on any atom is 0.207 e. The molecule has 2 radical (unpaired) electrons. The first-order valence-corrected chi connectivity index (χ1v) is 11.3. The van der Waals surface area contributed by atoms with E-state index in [0.29, 0.717) is 10.8 Å². The summed E-state index contributed by atoms with van der Waals surface area (Å²) < 4.78 is 11.0. The van der Waals surface area contributed by atoms with Gasteiger partial charge in [-0.2, -0.15) is 0 Å². The zero-order valence-electron chi connectivity index (χ0n) is 18.7. The Balaban J connectivity index is 1.45. The van der Waals surface area contributed by atoms with E-state index in [1.165, 1.54) is 0 Å². The second kappa shape index (κ2) is 9.24. The first-order valence-electron chi connectivity index (χ1n) is 10.9. The summed E-state index contributed by atoms with van der Waals surface area (Å²) in [5, 5.41) is 0.633. The summed E-state index contributed by atoms with van der Waals surface area (Å²) in [6.45, 7) is 6.89. The van der Waals surface area contributed by atoms with E-state index >= 15 is 0 Å². The Morgan fingerprint density at radius 2 is 1.64 bits per heavy atom. The molecule has 3 aromatic carbocycles. The molecule has 33 heavy (non-hydrogen) atoms. The fraction of sp³-hybridized carbons (Fsp3) is 0.231. The number of anilines is 2. The molecule has 0 N–H and O–H groups in total. The zero-order valence-corrected chi connectivity index (χ0v) is 19.4. The smallest absolute Gasteiger partial charge is 0.207 e. The predicted molar refractivity (Wildman–Crippen MR) is 133 cm³/mol. The molecule has 168 valence electrons. The molecule has 2 aliphatic heterocycles. The van der Waals surface area contributed by atoms with Crippen LogP contribution in [0.3, 0.4) is 0 Å². The van der Waals surface area contributed by atoms with Crippen molar-refractivity contribution < 1.29 is 9.47 Å². The van der Waals surface area contributed by atoms with Crippen molar-refractivity contribution in [3.63, 3.8) is 0 Å². The molecule has 0 atom stereocenters. The Hall–Kier alpha value is -3.38. The summed E-state index contributed by atoms with van der Waals surface area (Å²) in [6, 6.07) is 21.8. The van der Waals surface area contributed by atoms with Crippen LogP contribution in [0.25, 0.3) is 0 Å². The maximum atomic E-state index is 6.36. The maximum absolute atomic E-state index is 6.36. The molecule has 0 aliphatic carbocycles. The van der Waals surface area contributed by atoms with Crippen LogP contribution >= 0.6 is 11.6 Å². The largest absolute Gasteiger partial charge is 0.497 e. The van der Waals surface area contributed by atoms with Crippen LogP contribution in [0.15, 0.2) is 71.7 Å². The molecular weight excluding hydrogens is 436 g/mol. The van der Waals surface area contributed by atoms with Gasteiger partial charge >= 0.3 is 0 Å². The van der Waals surface area contributed by atoms with Gasteiger partial charge < -0.3 is 19.3 Å². The summed E-state index contributed by atoms with van der Waals surface area (Å²) in [6.07, 6.45) is 0. The van der Waals surface area contributed by atoms with E-state index in [1.54, 1.807) is 14.2 Å². The van der Waals surface area contributed by atoms with Crippen LogP contribution in [0, 0.1) is 6.54 Å². The fourth-order valence-electron chi connectivity index (χ4n) is 4.18. The lowest BCUT2D eigenvalue weighted by Gasteiger charge is -2.42. The number of piperazine rings is 1. The van der Waals surface area contributed by atoms with Crippen molar-refractivity contribution >= 4 is 34.6 Å². The Morgan fingerprint density at radius 3 is 2.42 bits per heavy atom. The van der Waals surface area contributed by atoms with E-state index in [2.05, 4.69) is 28.5 Å². The average Bonchev–Trinajstić information content (AvgIpc) is 2.88. The number of benzene rings is 3. The van der Waals surface area contributed by atoms with Crippen molar-refractivity contribution in [2.75, 3.05) is 50.2 Å². The fourth-order valence-corrected chi connectivity index (χ4v) is 4.35. The number of para-hydroxylation sites is 1. The second-order valence-corrected chi connectivity index (χ2v) is 8.30. The van der Waals surface area contributed by atoms with Crippen LogP contribution in [0.2, 0.25) is 5.02 Å². The molecule has 0 spiro atoms. The Labute approximate surface area is 199 Å². The first kappa shape index (κ1) is 21.5. The van der Waals surface area contributed by atoms with E-state index in [0.717, 1.165) is 60.5 Å². The van der Waals surface area contributed by atoms with Gasteiger partial charge in [-0.05, 0) is 36.4 Å². The third-order valence-electron chi connectivity index (χ3n) is 5.92. The lowest BCUT2D eigenvalue weighted by atomic mass is 10.1. The van der Waals surface area contributed by atoms with Crippen LogP contribution in [-0.4, -0.2) is 51.3 Å². The zero-order chi connectivity index (χ0) is 22.8. The highest BCUT2D eigenvalue weighted by Gasteiger charge is 2.31. The number of rotatable bonds is 4. The lowest BCUT2D eigenvalue weighted by molar-refractivity contribution is 0.378. The van der Waals surface area contributed by atoms with Crippen LogP contribution in [0.5, 0.6) is 11.5 Å². The van der Waals surface area contributed by atoms with Crippen molar-refractivity contribution in [3.05, 3.63) is 83.9 Å². The standard InChI is InChI=1S/C26H25ClN4O2/c1-32-22-8-5-7-21(17-22)29-12-14-30(15-13-29)26-28-23-9-4-3-6-19(23)18-31(26)24-16-20(27)10-11-25(24)33-2/h3-11,16-17H,12-15H2,1-2H3. The van der Waals surface area contributed by atoms with Crippen molar-refractivity contribution in [1.82, 2.24) is 4.90 Å². The van der Waals surface area contributed by atoms with Crippen molar-refractivity contribution in [3.8, 4) is 11.5 Å². The summed E-state index contributed by atoms with van der Waals surface area (Å²) in [7, 11) is 3.36. The van der Waals surface area contributed by atoms with Crippen LogP contribution in [0.4, 0.5) is 17.1 Å². The average molecular weight is 461 g/mol. The molecule has 0 saturated carbocycles. The number of halogens is 1. The minimum Gasteiger partial charge on any atom is -0.497 e. The van der Waals surface area contributed by atoms with Crippen LogP contribution in [-0.2, 0) is 0 Å². The summed E-state index contributed by atoms with van der Waals surface area (Å²) >= 11 is 6.36. The van der Waals surface area contributed by atoms with Crippen molar-refractivity contribution in [1.29, 1.82) is 0 Å². The molecule has 1 saturated heterocycles. The van der Waals surface area contributed by atoms with E-state index in [4.69, 9.17) is 26.1 Å². The molecule has 5 rings (SSSR count). The second-order valence-electron chi connectivity index (χ2n) is 7.87. The normalized spacial score (nSPS) is 15.7. The topological polar surface area (TPSA) is 40.5 Å². The van der Waals surface area contributed by atoms with Gasteiger partial charge in [0.1, 0.15) is 18.0 Å². The quantitative estimate of drug-likeness (QED) is 0.543. The molecule has 7 heteroatoms. The van der Waals surface area contributed by atoms with Crippen molar-refractivity contribution in [2.24, 2.45) is 4.99 Å². The Kier molecular flexibility index (Phi) is 6.01. The molecule has 2 aliphatic rings. The molecule has 3 aromatic rings. The number of ether oxygens (including phenoxy) is 2. The minimum atomic E-state index is 0.633. The number of aliphatic imine (C=N–C) groups is 1. The van der Waals surface area contributed by atoms with E-state index in [9.17, 15) is 0 Å². The molecular formula is C26H25ClN4O2. The number of nitrogens with zero attached hydrogens (tertiary/aromatic N) is 4. The van der Waals surface area contributed by atoms with Crippen molar-refractivity contribution in [2.45, 2.75) is 0 Å². The number of hydrogen-bond donors (Lipinski definition) is 0. The molecule has 0 amide bonds. The van der Waals surface area contributed by atoms with Gasteiger partial charge in [0.15, 0.2) is 0 Å². The van der Waals surface area contributed by atoms with Crippen LogP contribution in [0.1, 0.15) is 5.56 Å². The number of hydrogen-bond acceptors (Lipinski definition) is 6. The van der Waals surface area contributed by atoms with Gasteiger partial charge in [-0.1, -0.05) is 35.9 Å². The Morgan fingerprint density at radius 1 is 0.848 bits per heavy atom. The minimum absolute atomic E-state index is 0.633. The summed E-state index contributed by atoms with van der Waals surface area (Å²) in [5.41, 5.74) is 3.81. The van der Waals surface area contributed by atoms with Gasteiger partial charge in [0, 0.05) is 48.5 Å². The number of guanidine groups is 1. The lowest BCUT2D eigenvalue weighted by Crippen LogP contribution is -2.54. The van der Waals surface area contributed by atoms with Gasteiger partial charge in [0.25, 0.3) is 0 Å². The highest BCUT2D eigenvalue weighted by Crippen LogP contribution is 2.38. The third-order valence-corrected chi connectivity index (χ3v) is 6.15. The SMILES string of the molecule is COc1cccc(N2CCN(C3=Nc4ccccc4[C]N3c3cc(Cl)ccc3OC)CC2)c1. The molecule has 1 fully saturated rings. The third kappa shape index (κ3) is 4.31. The van der Waals surface area contributed by atoms with Gasteiger partial charge in [0.2, 0.25) is 5.96 Å². The summed E-state index contributed by atoms with van der Waals surface area (Å²) in [5.74, 6) is 2.40. The highest BCUT2D eigenvalue weighted by atomic mass is 35.5. The monoisotopic (exact) mass is 460 g/mol. The number of methoxy groups -OCH3 is 2. The van der Waals surface area contributed by atoms with Gasteiger partial charge in [0.05, 0.1) is 25.6 Å². The van der Waals surface area contributed by atoms with Gasteiger partial charge in [-0.15, -0.1) is 0 Å². The van der Waals surface area contributed by atoms with E-state index in [-0.39, 0.29) is 0 Å². The first-order chi connectivity index (χ1) is 16.2. The molecule has 0 aromatic heterocycles. The molecule has 6 nitrogen and oxygen atoms in total. The molecule has 2 heterocycles. The Bertz CT molecular complexity index is 1170.